The number of imide groups is 2. The van der Waals surface area contributed by atoms with Gasteiger partial charge in [-0.1, -0.05) is 29.8 Å². The van der Waals surface area contributed by atoms with E-state index < -0.39 is 23.8 Å². The summed E-state index contributed by atoms with van der Waals surface area (Å²) in [6, 6.07) is 18.3. The molecule has 9 rings (SSSR count). The Labute approximate surface area is 331 Å². The minimum absolute atomic E-state index is 0.0992. The number of carbonyl (C=O) groups excluding carboxylic acids is 5. The lowest BCUT2D eigenvalue weighted by molar-refractivity contribution is -0.136. The average Bonchev–Trinajstić information content (AvgIpc) is 3.42. The Morgan fingerprint density at radius 1 is 0.786 bits per heavy atom. The number of halogens is 1. The zero-order valence-corrected chi connectivity index (χ0v) is 32.0. The van der Waals surface area contributed by atoms with E-state index >= 15 is 0 Å². The fourth-order valence-electron chi connectivity index (χ4n) is 9.76. The highest BCUT2D eigenvalue weighted by Crippen LogP contribution is 2.44. The van der Waals surface area contributed by atoms with Crippen molar-refractivity contribution in [3.8, 4) is 0 Å². The van der Waals surface area contributed by atoms with Gasteiger partial charge in [-0.25, -0.2) is 4.85 Å². The van der Waals surface area contributed by atoms with Crippen molar-refractivity contribution < 1.29 is 24.0 Å². The zero-order chi connectivity index (χ0) is 38.7. The van der Waals surface area contributed by atoms with E-state index in [-0.39, 0.29) is 30.1 Å². The summed E-state index contributed by atoms with van der Waals surface area (Å²) in [6.07, 6.45) is 4.53. The number of amides is 5. The fraction of sp³-hybridized carbons (Fsp3) is 0.442. The summed E-state index contributed by atoms with van der Waals surface area (Å²) in [6.45, 7) is 15.4. The molecule has 5 amide bonds. The number of rotatable bonds is 7. The molecule has 3 aromatic rings. The van der Waals surface area contributed by atoms with Gasteiger partial charge in [0.2, 0.25) is 17.5 Å². The van der Waals surface area contributed by atoms with E-state index in [1.165, 1.54) is 5.56 Å². The molecule has 0 aromatic heterocycles. The van der Waals surface area contributed by atoms with E-state index in [1.54, 1.807) is 18.2 Å². The molecule has 1 unspecified atom stereocenters. The van der Waals surface area contributed by atoms with Crippen LogP contribution in [0.1, 0.15) is 81.1 Å². The maximum absolute atomic E-state index is 13.3. The summed E-state index contributed by atoms with van der Waals surface area (Å²) in [5, 5.41) is 2.73. The molecule has 56 heavy (non-hydrogen) atoms. The first kappa shape index (κ1) is 36.4. The molecule has 5 fully saturated rings. The van der Waals surface area contributed by atoms with Crippen LogP contribution in [0.2, 0.25) is 5.02 Å². The van der Waals surface area contributed by atoms with Crippen molar-refractivity contribution in [3.05, 3.63) is 99.4 Å². The molecule has 1 spiro atoms. The molecule has 288 valence electrons. The van der Waals surface area contributed by atoms with Gasteiger partial charge in [-0.2, -0.15) is 0 Å². The van der Waals surface area contributed by atoms with Gasteiger partial charge in [0.05, 0.1) is 17.7 Å². The summed E-state index contributed by atoms with van der Waals surface area (Å²) in [5.41, 5.74) is 5.23. The highest BCUT2D eigenvalue weighted by Gasteiger charge is 2.53. The largest absolute Gasteiger partial charge is 0.371 e. The van der Waals surface area contributed by atoms with Crippen LogP contribution >= 0.6 is 11.6 Å². The monoisotopic (exact) mass is 773 g/mol. The van der Waals surface area contributed by atoms with Gasteiger partial charge in [-0.05, 0) is 105 Å². The third-order valence-corrected chi connectivity index (χ3v) is 13.2. The predicted octanol–water partition coefficient (Wildman–Crippen LogP) is 5.35. The number of anilines is 2. The van der Waals surface area contributed by atoms with Crippen molar-refractivity contribution in [2.24, 2.45) is 11.3 Å². The zero-order valence-electron chi connectivity index (χ0n) is 31.2. The van der Waals surface area contributed by atoms with Crippen molar-refractivity contribution >= 4 is 58.2 Å². The fourth-order valence-corrected chi connectivity index (χ4v) is 9.98. The minimum Gasteiger partial charge on any atom is -0.371 e. The minimum atomic E-state index is -0.963. The second-order valence-electron chi connectivity index (χ2n) is 16.6. The number of benzene rings is 3. The lowest BCUT2D eigenvalue weighted by Gasteiger charge is -2.61. The molecule has 0 radical (unpaired) electrons. The van der Waals surface area contributed by atoms with Gasteiger partial charge in [0.1, 0.15) is 6.04 Å². The number of piperidine rings is 3. The first-order chi connectivity index (χ1) is 27.1. The second-order valence-corrected chi connectivity index (χ2v) is 17.0. The number of nitrogens with one attached hydrogen (secondary N) is 1. The molecular formula is C43H44ClN7O5. The molecule has 6 aliphatic heterocycles. The van der Waals surface area contributed by atoms with Gasteiger partial charge < -0.3 is 19.6 Å². The third kappa shape index (κ3) is 6.60. The number of hydrogen-bond donors (Lipinski definition) is 1. The van der Waals surface area contributed by atoms with Gasteiger partial charge >= 0.3 is 0 Å². The molecule has 0 aliphatic carbocycles. The Morgan fingerprint density at radius 2 is 1.46 bits per heavy atom. The van der Waals surface area contributed by atoms with Crippen LogP contribution in [0.3, 0.4) is 0 Å². The quantitative estimate of drug-likeness (QED) is 0.253. The average molecular weight is 774 g/mol. The molecule has 6 aliphatic rings. The molecule has 0 bridgehead atoms. The SMILES string of the molecule is [C-]#[N+]c1ccc(N2CC3(CN(C(=O)c4ccc(C5CCN(CC6CCN(c7ccc8c(c7)C(=O)N(C7CCC(=O)NC7=O)C8=O)CC6)CC5)cc4)C3)C2)cc1Cl. The molecule has 6 heterocycles. The summed E-state index contributed by atoms with van der Waals surface area (Å²) in [7, 11) is 0. The van der Waals surface area contributed by atoms with Crippen LogP contribution in [0.25, 0.3) is 4.85 Å². The Balaban J connectivity index is 0.711. The highest BCUT2D eigenvalue weighted by molar-refractivity contribution is 6.33. The normalized spacial score (nSPS) is 22.8. The summed E-state index contributed by atoms with van der Waals surface area (Å²) >= 11 is 6.25. The molecule has 1 N–H and O–H groups in total. The summed E-state index contributed by atoms with van der Waals surface area (Å²) in [5.74, 6) is -0.757. The van der Waals surface area contributed by atoms with Crippen molar-refractivity contribution in [1.82, 2.24) is 20.0 Å². The first-order valence-electron chi connectivity index (χ1n) is 19.7. The molecule has 3 aromatic carbocycles. The second kappa shape index (κ2) is 14.4. The van der Waals surface area contributed by atoms with E-state index in [1.807, 2.05) is 35.2 Å². The number of carbonyl (C=O) groups is 5. The Morgan fingerprint density at radius 3 is 2.14 bits per heavy atom. The predicted molar refractivity (Wildman–Crippen MR) is 211 cm³/mol. The maximum atomic E-state index is 13.3. The Hall–Kier alpha value is -5.25. The lowest BCUT2D eigenvalue weighted by Crippen LogP contribution is -2.73. The molecule has 12 nitrogen and oxygen atoms in total. The van der Waals surface area contributed by atoms with Crippen LogP contribution in [0.5, 0.6) is 0 Å². The van der Waals surface area contributed by atoms with Gasteiger partial charge in [0, 0.05) is 79.6 Å². The first-order valence-corrected chi connectivity index (χ1v) is 20.1. The third-order valence-electron chi connectivity index (χ3n) is 12.9. The molecular weight excluding hydrogens is 730 g/mol. The van der Waals surface area contributed by atoms with Crippen LogP contribution in [0.4, 0.5) is 17.1 Å². The summed E-state index contributed by atoms with van der Waals surface area (Å²) in [4.78, 5) is 77.3. The summed E-state index contributed by atoms with van der Waals surface area (Å²) < 4.78 is 0. The van der Waals surface area contributed by atoms with Crippen molar-refractivity contribution in [1.29, 1.82) is 0 Å². The van der Waals surface area contributed by atoms with Gasteiger partial charge in [-0.3, -0.25) is 34.2 Å². The van der Waals surface area contributed by atoms with Gasteiger partial charge in [0.15, 0.2) is 0 Å². The van der Waals surface area contributed by atoms with Crippen LogP contribution in [-0.4, -0.2) is 109 Å². The lowest BCUT2D eigenvalue weighted by atomic mass is 9.72. The van der Waals surface area contributed by atoms with Crippen LogP contribution in [0, 0.1) is 17.9 Å². The van der Waals surface area contributed by atoms with Crippen molar-refractivity contribution in [2.45, 2.75) is 50.5 Å². The van der Waals surface area contributed by atoms with Crippen LogP contribution in [-0.2, 0) is 9.59 Å². The van der Waals surface area contributed by atoms with Crippen LogP contribution < -0.4 is 15.1 Å². The van der Waals surface area contributed by atoms with E-state index in [2.05, 4.69) is 37.0 Å². The van der Waals surface area contributed by atoms with Crippen molar-refractivity contribution in [2.75, 3.05) is 68.7 Å². The van der Waals surface area contributed by atoms with E-state index in [0.717, 1.165) is 106 Å². The number of hydrogen-bond acceptors (Lipinski definition) is 8. The van der Waals surface area contributed by atoms with Gasteiger partial charge in [0.25, 0.3) is 17.7 Å². The molecule has 5 saturated heterocycles. The maximum Gasteiger partial charge on any atom is 0.262 e. The smallest absolute Gasteiger partial charge is 0.262 e. The number of fused-ring (bicyclic) bond motifs is 1. The molecule has 1 atom stereocenters. The number of likely N-dealkylation sites (tertiary alicyclic amines) is 2. The molecule has 13 heteroatoms. The van der Waals surface area contributed by atoms with Gasteiger partial charge in [-0.15, -0.1) is 0 Å². The van der Waals surface area contributed by atoms with E-state index in [9.17, 15) is 24.0 Å². The van der Waals surface area contributed by atoms with Crippen molar-refractivity contribution in [3.63, 3.8) is 0 Å². The Kier molecular flexibility index (Phi) is 9.33. The standard InChI is InChI=1S/C43H44ClN7O5/c1-45-36-9-7-32(21-35(36)44)49-23-43(24-49)25-50(26-43)40(54)30-4-2-28(3-5-30)29-14-16-47(17-15-29)22-27-12-18-48(19-13-27)31-6-8-33-34(20-31)42(56)51(41(33)55)37-10-11-38(52)46-39(37)53/h2-9,20-21,27,29,37H,10-19,22-26H2,(H,46,52,53). The van der Waals surface area contributed by atoms with E-state index in [0.29, 0.717) is 33.7 Å². The highest BCUT2D eigenvalue weighted by atomic mass is 35.5. The topological polar surface area (TPSA) is 118 Å². The Bertz CT molecular complexity index is 2160. The van der Waals surface area contributed by atoms with Crippen LogP contribution in [0.15, 0.2) is 60.7 Å². The number of nitrogens with zero attached hydrogens (tertiary/aromatic N) is 6. The molecule has 0 saturated carbocycles. The van der Waals surface area contributed by atoms with E-state index in [4.69, 9.17) is 18.2 Å².